The molecule has 0 N–H and O–H groups in total. The topological polar surface area (TPSA) is 30.2 Å². The summed E-state index contributed by atoms with van der Waals surface area (Å²) < 4.78 is 40.1. The summed E-state index contributed by atoms with van der Waals surface area (Å²) in [7, 11) is 0. The van der Waals surface area contributed by atoms with Crippen molar-refractivity contribution in [1.82, 2.24) is 14.6 Å². The molecular formula is C17H19ClF3N3. The molecule has 24 heavy (non-hydrogen) atoms. The van der Waals surface area contributed by atoms with Gasteiger partial charge in [-0.1, -0.05) is 11.6 Å². The molecule has 1 fully saturated rings. The van der Waals surface area contributed by atoms with Gasteiger partial charge in [0.1, 0.15) is 5.15 Å². The average Bonchev–Trinajstić information content (AvgIpc) is 2.99. The minimum atomic E-state index is -4.08. The molecule has 0 aromatic carbocycles. The minimum absolute atomic E-state index is 0.0680. The smallest absolute Gasteiger partial charge is 0.233 e. The van der Waals surface area contributed by atoms with Gasteiger partial charge in [-0.05, 0) is 51.4 Å². The molecule has 0 bridgehead atoms. The van der Waals surface area contributed by atoms with Crippen molar-refractivity contribution in [3.05, 3.63) is 28.2 Å². The van der Waals surface area contributed by atoms with Crippen LogP contribution in [0.4, 0.5) is 13.2 Å². The standard InChI is InChI=1S/C17H19ClF3N3/c18-16-12-3-1-2-4-13(12)22-15-9-14(23-24(15)16)10-5-7-11(8-6-10)17(19,20)21/h9-11H,1-8H2/t10-,11-. The fourth-order valence-electron chi connectivity index (χ4n) is 4.03. The second-order valence-electron chi connectivity index (χ2n) is 6.96. The van der Waals surface area contributed by atoms with Crippen LogP contribution >= 0.6 is 11.6 Å². The van der Waals surface area contributed by atoms with E-state index in [-0.39, 0.29) is 18.8 Å². The minimum Gasteiger partial charge on any atom is -0.233 e. The van der Waals surface area contributed by atoms with Gasteiger partial charge >= 0.3 is 6.18 Å². The van der Waals surface area contributed by atoms with Gasteiger partial charge in [0.25, 0.3) is 0 Å². The van der Waals surface area contributed by atoms with Crippen molar-refractivity contribution in [3.63, 3.8) is 0 Å². The van der Waals surface area contributed by atoms with Gasteiger partial charge in [0, 0.05) is 23.2 Å². The van der Waals surface area contributed by atoms with Crippen LogP contribution < -0.4 is 0 Å². The molecule has 0 radical (unpaired) electrons. The van der Waals surface area contributed by atoms with Gasteiger partial charge in [-0.25, -0.2) is 9.50 Å². The number of rotatable bonds is 1. The Bertz CT molecular complexity index is 761. The van der Waals surface area contributed by atoms with Gasteiger partial charge in [0.2, 0.25) is 0 Å². The molecule has 1 saturated carbocycles. The number of hydrogen-bond acceptors (Lipinski definition) is 2. The molecule has 2 aromatic heterocycles. The Kier molecular flexibility index (Phi) is 3.98. The first-order valence-corrected chi connectivity index (χ1v) is 8.95. The summed E-state index contributed by atoms with van der Waals surface area (Å²) in [5, 5.41) is 5.19. The number of aromatic nitrogens is 3. The van der Waals surface area contributed by atoms with E-state index < -0.39 is 12.1 Å². The van der Waals surface area contributed by atoms with Crippen LogP contribution in [0.15, 0.2) is 6.07 Å². The zero-order valence-corrected chi connectivity index (χ0v) is 14.0. The zero-order chi connectivity index (χ0) is 16.9. The van der Waals surface area contributed by atoms with Crippen LogP contribution in [-0.4, -0.2) is 20.8 Å². The number of alkyl halides is 3. The average molecular weight is 358 g/mol. The van der Waals surface area contributed by atoms with E-state index in [1.54, 1.807) is 4.52 Å². The van der Waals surface area contributed by atoms with E-state index in [4.69, 9.17) is 11.6 Å². The molecular weight excluding hydrogens is 339 g/mol. The molecule has 2 aliphatic rings. The van der Waals surface area contributed by atoms with Crippen molar-refractivity contribution < 1.29 is 13.2 Å². The van der Waals surface area contributed by atoms with Crippen molar-refractivity contribution in [1.29, 1.82) is 0 Å². The number of aryl methyl sites for hydroxylation is 1. The molecule has 2 aromatic rings. The highest BCUT2D eigenvalue weighted by Crippen LogP contribution is 2.42. The number of halogens is 4. The lowest BCUT2D eigenvalue weighted by Crippen LogP contribution is -2.27. The van der Waals surface area contributed by atoms with Crippen LogP contribution in [0.5, 0.6) is 0 Å². The Morgan fingerprint density at radius 2 is 1.79 bits per heavy atom. The van der Waals surface area contributed by atoms with Crippen molar-refractivity contribution in [2.24, 2.45) is 5.92 Å². The lowest BCUT2D eigenvalue weighted by Gasteiger charge is -2.28. The zero-order valence-electron chi connectivity index (χ0n) is 13.2. The molecule has 0 amide bonds. The highest BCUT2D eigenvalue weighted by Gasteiger charge is 2.42. The van der Waals surface area contributed by atoms with Crippen LogP contribution in [-0.2, 0) is 12.8 Å². The third kappa shape index (κ3) is 2.79. The fraction of sp³-hybridized carbons (Fsp3) is 0.647. The first-order chi connectivity index (χ1) is 11.4. The van der Waals surface area contributed by atoms with Crippen molar-refractivity contribution in [2.45, 2.75) is 63.5 Å². The third-order valence-corrected chi connectivity index (χ3v) is 5.83. The van der Waals surface area contributed by atoms with E-state index in [1.165, 1.54) is 0 Å². The lowest BCUT2D eigenvalue weighted by atomic mass is 9.80. The molecule has 0 spiro atoms. The van der Waals surface area contributed by atoms with E-state index in [9.17, 15) is 13.2 Å². The van der Waals surface area contributed by atoms with Crippen LogP contribution in [0.25, 0.3) is 5.65 Å². The van der Waals surface area contributed by atoms with E-state index >= 15 is 0 Å². The van der Waals surface area contributed by atoms with E-state index in [1.807, 2.05) is 6.07 Å². The molecule has 130 valence electrons. The Morgan fingerprint density at radius 1 is 1.08 bits per heavy atom. The number of hydrogen-bond donors (Lipinski definition) is 0. The molecule has 4 rings (SSSR count). The summed E-state index contributed by atoms with van der Waals surface area (Å²) in [5.41, 5.74) is 3.66. The maximum absolute atomic E-state index is 12.8. The fourth-order valence-corrected chi connectivity index (χ4v) is 4.36. The maximum atomic E-state index is 12.8. The molecule has 2 aliphatic carbocycles. The molecule has 0 saturated heterocycles. The van der Waals surface area contributed by atoms with Crippen LogP contribution in [0.3, 0.4) is 0 Å². The maximum Gasteiger partial charge on any atom is 0.391 e. The summed E-state index contributed by atoms with van der Waals surface area (Å²) in [4.78, 5) is 4.68. The SMILES string of the molecule is FC(F)(F)[C@H]1CC[C@H](c2cc3nc4c(c(Cl)n3n2)CCCC4)CC1. The summed E-state index contributed by atoms with van der Waals surface area (Å²) >= 11 is 6.51. The van der Waals surface area contributed by atoms with Gasteiger partial charge in [-0.2, -0.15) is 18.3 Å². The molecule has 0 atom stereocenters. The Labute approximate surface area is 143 Å². The first kappa shape index (κ1) is 16.2. The third-order valence-electron chi connectivity index (χ3n) is 5.44. The second-order valence-corrected chi connectivity index (χ2v) is 7.32. The highest BCUT2D eigenvalue weighted by atomic mass is 35.5. The van der Waals surface area contributed by atoms with E-state index in [0.717, 1.165) is 42.6 Å². The second kappa shape index (κ2) is 5.90. The van der Waals surface area contributed by atoms with E-state index in [2.05, 4.69) is 10.1 Å². The Balaban J connectivity index is 1.61. The van der Waals surface area contributed by atoms with Crippen molar-refractivity contribution in [2.75, 3.05) is 0 Å². The van der Waals surface area contributed by atoms with Gasteiger partial charge in [-0.15, -0.1) is 0 Å². The number of fused-ring (bicyclic) bond motifs is 2. The molecule has 0 unspecified atom stereocenters. The van der Waals surface area contributed by atoms with Crippen LogP contribution in [0.1, 0.15) is 61.4 Å². The molecule has 3 nitrogen and oxygen atoms in total. The quantitative estimate of drug-likeness (QED) is 0.665. The van der Waals surface area contributed by atoms with E-state index in [0.29, 0.717) is 23.6 Å². The highest BCUT2D eigenvalue weighted by molar-refractivity contribution is 6.30. The normalized spacial score (nSPS) is 25.0. The molecule has 7 heteroatoms. The first-order valence-electron chi connectivity index (χ1n) is 8.57. The summed E-state index contributed by atoms with van der Waals surface area (Å²) in [6, 6.07) is 1.90. The van der Waals surface area contributed by atoms with Crippen molar-refractivity contribution in [3.8, 4) is 0 Å². The predicted octanol–water partition coefficient (Wildman–Crippen LogP) is 5.10. The van der Waals surface area contributed by atoms with Crippen molar-refractivity contribution >= 4 is 17.2 Å². The largest absolute Gasteiger partial charge is 0.391 e. The molecule has 2 heterocycles. The van der Waals surface area contributed by atoms with Gasteiger partial charge in [0.05, 0.1) is 11.6 Å². The monoisotopic (exact) mass is 357 g/mol. The predicted molar refractivity (Wildman–Crippen MR) is 85.4 cm³/mol. The Hall–Kier alpha value is -1.30. The summed E-state index contributed by atoms with van der Waals surface area (Å²) in [5.74, 6) is -1.10. The summed E-state index contributed by atoms with van der Waals surface area (Å²) in [6.07, 6.45) is 1.40. The molecule has 0 aliphatic heterocycles. The van der Waals surface area contributed by atoms with Crippen LogP contribution in [0, 0.1) is 5.92 Å². The van der Waals surface area contributed by atoms with Gasteiger partial charge in [-0.3, -0.25) is 0 Å². The van der Waals surface area contributed by atoms with Crippen LogP contribution in [0.2, 0.25) is 5.15 Å². The van der Waals surface area contributed by atoms with Gasteiger partial charge < -0.3 is 0 Å². The van der Waals surface area contributed by atoms with Gasteiger partial charge in [0.15, 0.2) is 5.65 Å². The number of nitrogens with zero attached hydrogens (tertiary/aromatic N) is 3. The Morgan fingerprint density at radius 3 is 2.50 bits per heavy atom. The summed E-state index contributed by atoms with van der Waals surface area (Å²) in [6.45, 7) is 0. The lowest BCUT2D eigenvalue weighted by molar-refractivity contribution is -0.182.